The first kappa shape index (κ1) is 10.9. The average Bonchev–Trinajstić information content (AvgIpc) is 2.26. The van der Waals surface area contributed by atoms with E-state index in [0.29, 0.717) is 10.9 Å². The maximum Gasteiger partial charge on any atom is 0.407 e. The van der Waals surface area contributed by atoms with E-state index >= 15 is 0 Å². The van der Waals surface area contributed by atoms with Crippen LogP contribution in [0.5, 0.6) is 0 Å². The Morgan fingerprint density at radius 2 is 1.81 bits per heavy atom. The number of fused-ring (bicyclic) bond motifs is 1. The zero-order valence-electron chi connectivity index (χ0n) is 8.20. The predicted molar refractivity (Wildman–Crippen MR) is 54.7 cm³/mol. The first-order chi connectivity index (χ1) is 7.50. The number of nitrogens with two attached hydrogens (primary N) is 1. The average molecular weight is 226 g/mol. The summed E-state index contributed by atoms with van der Waals surface area (Å²) in [5, 5.41) is 0.653. The molecule has 1 atom stereocenters. The number of rotatable bonds is 1. The molecule has 1 heterocycles. The van der Waals surface area contributed by atoms with Crippen molar-refractivity contribution in [3.8, 4) is 0 Å². The van der Waals surface area contributed by atoms with Gasteiger partial charge in [-0.15, -0.1) is 0 Å². The van der Waals surface area contributed by atoms with Crippen LogP contribution in [0.25, 0.3) is 10.9 Å². The molecule has 84 valence electrons. The van der Waals surface area contributed by atoms with Crippen molar-refractivity contribution in [2.24, 2.45) is 5.73 Å². The summed E-state index contributed by atoms with van der Waals surface area (Å²) in [4.78, 5) is 3.94. The molecule has 2 N–H and O–H groups in total. The van der Waals surface area contributed by atoms with Crippen molar-refractivity contribution in [3.05, 3.63) is 42.1 Å². The predicted octanol–water partition coefficient (Wildman–Crippen LogP) is 2.80. The van der Waals surface area contributed by atoms with Gasteiger partial charge in [-0.3, -0.25) is 4.98 Å². The summed E-state index contributed by atoms with van der Waals surface area (Å²) in [6.07, 6.45) is -3.00. The van der Waals surface area contributed by atoms with Crippen molar-refractivity contribution in [2.75, 3.05) is 0 Å². The Hall–Kier alpha value is -1.62. The molecule has 0 bridgehead atoms. The van der Waals surface area contributed by atoms with Gasteiger partial charge in [0.25, 0.3) is 0 Å². The van der Waals surface area contributed by atoms with E-state index in [0.717, 1.165) is 0 Å². The zero-order chi connectivity index (χ0) is 11.8. The van der Waals surface area contributed by atoms with Gasteiger partial charge in [-0.2, -0.15) is 13.2 Å². The molecule has 0 saturated carbocycles. The highest BCUT2D eigenvalue weighted by Gasteiger charge is 2.38. The molecule has 2 rings (SSSR count). The molecule has 2 aromatic rings. The van der Waals surface area contributed by atoms with Gasteiger partial charge in [-0.1, -0.05) is 24.3 Å². The first-order valence-corrected chi connectivity index (χ1v) is 4.66. The Labute approximate surface area is 89.9 Å². The number of benzene rings is 1. The molecule has 0 amide bonds. The van der Waals surface area contributed by atoms with Crippen LogP contribution < -0.4 is 5.73 Å². The second-order valence-corrected chi connectivity index (χ2v) is 3.44. The molecule has 0 aliphatic carbocycles. The third-order valence-electron chi connectivity index (χ3n) is 2.35. The lowest BCUT2D eigenvalue weighted by molar-refractivity contribution is -0.148. The smallest absolute Gasteiger partial charge is 0.316 e. The third kappa shape index (κ3) is 1.86. The lowest BCUT2D eigenvalue weighted by Gasteiger charge is -2.17. The van der Waals surface area contributed by atoms with E-state index in [1.54, 1.807) is 24.3 Å². The number of hydrogen-bond acceptors (Lipinski definition) is 2. The van der Waals surface area contributed by atoms with Crippen molar-refractivity contribution < 1.29 is 13.2 Å². The van der Waals surface area contributed by atoms with E-state index in [9.17, 15) is 13.2 Å². The van der Waals surface area contributed by atoms with E-state index in [1.807, 2.05) is 0 Å². The van der Waals surface area contributed by atoms with Gasteiger partial charge < -0.3 is 5.73 Å². The van der Waals surface area contributed by atoms with Gasteiger partial charge >= 0.3 is 6.18 Å². The monoisotopic (exact) mass is 226 g/mol. The Bertz CT molecular complexity index is 503. The lowest BCUT2D eigenvalue weighted by Crippen LogP contribution is -2.28. The van der Waals surface area contributed by atoms with Gasteiger partial charge in [0, 0.05) is 17.1 Å². The maximum atomic E-state index is 12.5. The van der Waals surface area contributed by atoms with E-state index in [2.05, 4.69) is 4.98 Å². The number of alkyl halides is 3. The largest absolute Gasteiger partial charge is 0.407 e. The highest BCUT2D eigenvalue weighted by molar-refractivity contribution is 5.82. The van der Waals surface area contributed by atoms with E-state index in [1.165, 1.54) is 12.3 Å². The Balaban J connectivity index is 2.61. The highest BCUT2D eigenvalue weighted by atomic mass is 19.4. The standard InChI is InChI=1S/C11H9F3N2/c12-11(13,14)10(15)8-5-1-3-7-4-2-6-16-9(7)8/h1-6,10H,15H2. The molecular weight excluding hydrogens is 217 g/mol. The molecule has 0 aliphatic heterocycles. The van der Waals surface area contributed by atoms with Gasteiger partial charge in [0.1, 0.15) is 6.04 Å². The van der Waals surface area contributed by atoms with Crippen LogP contribution in [0.2, 0.25) is 0 Å². The molecule has 2 nitrogen and oxygen atoms in total. The van der Waals surface area contributed by atoms with E-state index in [4.69, 9.17) is 5.73 Å². The topological polar surface area (TPSA) is 38.9 Å². The maximum absolute atomic E-state index is 12.5. The summed E-state index contributed by atoms with van der Waals surface area (Å²) in [6.45, 7) is 0. The van der Waals surface area contributed by atoms with Crippen LogP contribution in [-0.4, -0.2) is 11.2 Å². The van der Waals surface area contributed by atoms with Crippen LogP contribution in [0.1, 0.15) is 11.6 Å². The molecule has 16 heavy (non-hydrogen) atoms. The molecule has 1 unspecified atom stereocenters. The Morgan fingerprint density at radius 1 is 1.12 bits per heavy atom. The van der Waals surface area contributed by atoms with Crippen molar-refractivity contribution >= 4 is 10.9 Å². The van der Waals surface area contributed by atoms with Crippen molar-refractivity contribution in [1.29, 1.82) is 0 Å². The minimum atomic E-state index is -4.45. The van der Waals surface area contributed by atoms with Crippen molar-refractivity contribution in [1.82, 2.24) is 4.98 Å². The summed E-state index contributed by atoms with van der Waals surface area (Å²) in [5.74, 6) is 0. The van der Waals surface area contributed by atoms with Crippen LogP contribution in [0, 0.1) is 0 Å². The fourth-order valence-electron chi connectivity index (χ4n) is 1.56. The molecule has 0 radical (unpaired) electrons. The molecule has 0 aliphatic rings. The molecular formula is C11H9F3N2. The minimum absolute atomic E-state index is 0.00519. The molecule has 5 heteroatoms. The normalized spacial score (nSPS) is 14.0. The van der Waals surface area contributed by atoms with Crippen LogP contribution in [-0.2, 0) is 0 Å². The fourth-order valence-corrected chi connectivity index (χ4v) is 1.56. The molecule has 0 spiro atoms. The number of pyridine rings is 1. The molecule has 1 aromatic carbocycles. The second-order valence-electron chi connectivity index (χ2n) is 3.44. The number of hydrogen-bond donors (Lipinski definition) is 1. The van der Waals surface area contributed by atoms with Gasteiger partial charge in [-0.05, 0) is 6.07 Å². The summed E-state index contributed by atoms with van der Waals surface area (Å²) in [7, 11) is 0. The molecule has 0 saturated heterocycles. The SMILES string of the molecule is NC(c1cccc2cccnc12)C(F)(F)F. The van der Waals surface area contributed by atoms with Crippen LogP contribution in [0.3, 0.4) is 0 Å². The number of para-hydroxylation sites is 1. The summed E-state index contributed by atoms with van der Waals surface area (Å²) in [6, 6.07) is 5.99. The first-order valence-electron chi connectivity index (χ1n) is 4.66. The second kappa shape index (κ2) is 3.75. The van der Waals surface area contributed by atoms with Crippen molar-refractivity contribution in [3.63, 3.8) is 0 Å². The molecule has 1 aromatic heterocycles. The fraction of sp³-hybridized carbons (Fsp3) is 0.182. The summed E-state index contributed by atoms with van der Waals surface area (Å²) in [5.41, 5.74) is 5.48. The zero-order valence-corrected chi connectivity index (χ0v) is 8.20. The Morgan fingerprint density at radius 3 is 2.50 bits per heavy atom. The number of aromatic nitrogens is 1. The minimum Gasteiger partial charge on any atom is -0.316 e. The Kier molecular flexibility index (Phi) is 2.55. The highest BCUT2D eigenvalue weighted by Crippen LogP contribution is 2.33. The molecule has 0 fully saturated rings. The lowest BCUT2D eigenvalue weighted by atomic mass is 10.0. The van der Waals surface area contributed by atoms with Crippen molar-refractivity contribution in [2.45, 2.75) is 12.2 Å². The van der Waals surface area contributed by atoms with Crippen LogP contribution in [0.4, 0.5) is 13.2 Å². The summed E-state index contributed by atoms with van der Waals surface area (Å²) >= 11 is 0. The third-order valence-corrected chi connectivity index (χ3v) is 2.35. The van der Waals surface area contributed by atoms with Crippen LogP contribution in [0.15, 0.2) is 36.5 Å². The van der Waals surface area contributed by atoms with Gasteiger partial charge in [0.15, 0.2) is 0 Å². The van der Waals surface area contributed by atoms with E-state index in [-0.39, 0.29) is 5.56 Å². The quantitative estimate of drug-likeness (QED) is 0.812. The number of nitrogens with zero attached hydrogens (tertiary/aromatic N) is 1. The van der Waals surface area contributed by atoms with Gasteiger partial charge in [-0.25, -0.2) is 0 Å². The van der Waals surface area contributed by atoms with Crippen LogP contribution >= 0.6 is 0 Å². The van der Waals surface area contributed by atoms with Gasteiger partial charge in [0.05, 0.1) is 5.52 Å². The summed E-state index contributed by atoms with van der Waals surface area (Å²) < 4.78 is 37.5. The number of halogens is 3. The van der Waals surface area contributed by atoms with Gasteiger partial charge in [0.2, 0.25) is 0 Å². The van der Waals surface area contributed by atoms with E-state index < -0.39 is 12.2 Å².